The summed E-state index contributed by atoms with van der Waals surface area (Å²) in [5.41, 5.74) is 2.53. The molecule has 0 aliphatic carbocycles. The van der Waals surface area contributed by atoms with E-state index in [2.05, 4.69) is 16.8 Å². The highest BCUT2D eigenvalue weighted by Crippen LogP contribution is 2.44. The van der Waals surface area contributed by atoms with Crippen LogP contribution in [0.4, 0.5) is 4.39 Å². The van der Waals surface area contributed by atoms with Gasteiger partial charge < -0.3 is 10.0 Å². The van der Waals surface area contributed by atoms with Crippen LogP contribution in [0.5, 0.6) is 5.75 Å². The summed E-state index contributed by atoms with van der Waals surface area (Å²) in [7, 11) is 0. The molecular formula is C20H15ClFN3O2. The zero-order chi connectivity index (χ0) is 19.1. The molecule has 1 aliphatic heterocycles. The lowest BCUT2D eigenvalue weighted by molar-refractivity contribution is 0.0764. The lowest BCUT2D eigenvalue weighted by atomic mass is 9.95. The molecule has 7 heteroatoms. The third-order valence-corrected chi connectivity index (χ3v) is 4.82. The van der Waals surface area contributed by atoms with Crippen molar-refractivity contribution in [2.45, 2.75) is 6.04 Å². The highest BCUT2D eigenvalue weighted by Gasteiger charge is 2.42. The van der Waals surface area contributed by atoms with Gasteiger partial charge in [0.05, 0.1) is 6.04 Å². The Morgan fingerprint density at radius 3 is 2.74 bits per heavy atom. The Balaban J connectivity index is 1.93. The number of hydrogen-bond acceptors (Lipinski definition) is 3. The van der Waals surface area contributed by atoms with Crippen LogP contribution in [0, 0.1) is 5.82 Å². The van der Waals surface area contributed by atoms with Crippen LogP contribution in [0.2, 0.25) is 5.02 Å². The van der Waals surface area contributed by atoms with E-state index in [0.717, 1.165) is 5.56 Å². The minimum atomic E-state index is -0.488. The van der Waals surface area contributed by atoms with E-state index in [0.29, 0.717) is 34.1 Å². The smallest absolute Gasteiger partial charge is 0.273 e. The predicted molar refractivity (Wildman–Crippen MR) is 100 cm³/mol. The van der Waals surface area contributed by atoms with Gasteiger partial charge in [-0.1, -0.05) is 29.8 Å². The van der Waals surface area contributed by atoms with Crippen LogP contribution in [0.15, 0.2) is 55.1 Å². The van der Waals surface area contributed by atoms with Crippen molar-refractivity contribution in [3.8, 4) is 17.0 Å². The van der Waals surface area contributed by atoms with Crippen LogP contribution in [0.3, 0.4) is 0 Å². The molecule has 4 rings (SSSR count). The van der Waals surface area contributed by atoms with Gasteiger partial charge in [0, 0.05) is 22.7 Å². The molecule has 1 amide bonds. The molecule has 5 nitrogen and oxygen atoms in total. The minimum Gasteiger partial charge on any atom is -0.507 e. The largest absolute Gasteiger partial charge is 0.507 e. The van der Waals surface area contributed by atoms with Crippen molar-refractivity contribution in [2.75, 3.05) is 6.54 Å². The number of phenolic OH excluding ortho intramolecular Hbond substituents is 1. The summed E-state index contributed by atoms with van der Waals surface area (Å²) in [4.78, 5) is 14.5. The SMILES string of the molecule is C=CCN1C(=O)c2[nH]nc(-c3cc(Cl)ccc3O)c2C1c1ccc(F)cc1. The van der Waals surface area contributed by atoms with E-state index in [1.54, 1.807) is 35.2 Å². The standard InChI is InChI=1S/C20H15ClFN3O2/c1-2-9-25-19(11-3-6-13(22)7-4-11)16-17(23-24-18(16)20(25)27)14-10-12(21)5-8-15(14)26/h2-8,10,19,26H,1,9H2,(H,23,24). The normalized spacial score (nSPS) is 15.9. The number of rotatable bonds is 4. The zero-order valence-corrected chi connectivity index (χ0v) is 14.9. The summed E-state index contributed by atoms with van der Waals surface area (Å²) in [5, 5.41) is 17.8. The molecule has 1 aromatic heterocycles. The van der Waals surface area contributed by atoms with E-state index in [-0.39, 0.29) is 17.5 Å². The van der Waals surface area contributed by atoms with Crippen molar-refractivity contribution in [3.63, 3.8) is 0 Å². The maximum atomic E-state index is 13.4. The zero-order valence-electron chi connectivity index (χ0n) is 14.1. The number of fused-ring (bicyclic) bond motifs is 1. The summed E-state index contributed by atoms with van der Waals surface area (Å²) >= 11 is 6.08. The number of nitrogens with one attached hydrogen (secondary N) is 1. The first-order chi connectivity index (χ1) is 13.0. The number of aromatic nitrogens is 2. The Kier molecular flexibility index (Phi) is 4.20. The summed E-state index contributed by atoms with van der Waals surface area (Å²) in [6.07, 6.45) is 1.63. The van der Waals surface area contributed by atoms with Crippen LogP contribution >= 0.6 is 11.6 Å². The summed E-state index contributed by atoms with van der Waals surface area (Å²) in [6, 6.07) is 10.1. The Bertz CT molecular complexity index is 1050. The number of amides is 1. The molecule has 1 aliphatic rings. The molecular weight excluding hydrogens is 369 g/mol. The number of hydrogen-bond donors (Lipinski definition) is 2. The molecule has 136 valence electrons. The van der Waals surface area contributed by atoms with E-state index >= 15 is 0 Å². The van der Waals surface area contributed by atoms with Gasteiger partial charge in [-0.15, -0.1) is 6.58 Å². The maximum absolute atomic E-state index is 13.4. The van der Waals surface area contributed by atoms with Gasteiger partial charge in [-0.25, -0.2) is 4.39 Å². The van der Waals surface area contributed by atoms with Crippen LogP contribution in [0.25, 0.3) is 11.3 Å². The fraction of sp³-hybridized carbons (Fsp3) is 0.100. The fourth-order valence-electron chi connectivity index (χ4n) is 3.42. The predicted octanol–water partition coefficient (Wildman–Crippen LogP) is 4.31. The number of phenols is 1. The van der Waals surface area contributed by atoms with Gasteiger partial charge in [-0.05, 0) is 35.9 Å². The van der Waals surface area contributed by atoms with E-state index in [1.165, 1.54) is 18.2 Å². The molecule has 3 aromatic rings. The van der Waals surface area contributed by atoms with Crippen LogP contribution in [-0.2, 0) is 0 Å². The summed E-state index contributed by atoms with van der Waals surface area (Å²) < 4.78 is 13.4. The molecule has 1 atom stereocenters. The monoisotopic (exact) mass is 383 g/mol. The highest BCUT2D eigenvalue weighted by molar-refractivity contribution is 6.31. The molecule has 0 spiro atoms. The average molecular weight is 384 g/mol. The first-order valence-electron chi connectivity index (χ1n) is 8.25. The molecule has 27 heavy (non-hydrogen) atoms. The lowest BCUT2D eigenvalue weighted by Gasteiger charge is -2.25. The molecule has 1 unspecified atom stereocenters. The topological polar surface area (TPSA) is 69.2 Å². The molecule has 0 radical (unpaired) electrons. The minimum absolute atomic E-state index is 0.00109. The number of aromatic amines is 1. The van der Waals surface area contributed by atoms with E-state index in [1.807, 2.05) is 0 Å². The maximum Gasteiger partial charge on any atom is 0.273 e. The van der Waals surface area contributed by atoms with Crippen LogP contribution < -0.4 is 0 Å². The molecule has 2 heterocycles. The summed E-state index contributed by atoms with van der Waals surface area (Å²) in [5.74, 6) is -0.598. The van der Waals surface area contributed by atoms with Crippen LogP contribution in [0.1, 0.15) is 27.7 Å². The second-order valence-corrected chi connectivity index (χ2v) is 6.66. The van der Waals surface area contributed by atoms with E-state index in [9.17, 15) is 14.3 Å². The Labute approximate surface area is 159 Å². The third kappa shape index (κ3) is 2.78. The molecule has 2 N–H and O–H groups in total. The summed E-state index contributed by atoms with van der Waals surface area (Å²) in [6.45, 7) is 4.03. The number of H-pyrrole nitrogens is 1. The second kappa shape index (κ2) is 6.55. The van der Waals surface area contributed by atoms with E-state index < -0.39 is 6.04 Å². The van der Waals surface area contributed by atoms with Crippen LogP contribution in [-0.4, -0.2) is 32.7 Å². The lowest BCUT2D eigenvalue weighted by Crippen LogP contribution is -2.29. The van der Waals surface area contributed by atoms with Gasteiger partial charge >= 0.3 is 0 Å². The molecule has 0 saturated heterocycles. The van der Waals surface area contributed by atoms with Crippen molar-refractivity contribution in [1.29, 1.82) is 0 Å². The van der Waals surface area contributed by atoms with Gasteiger partial charge in [0.15, 0.2) is 0 Å². The average Bonchev–Trinajstić information content (AvgIpc) is 3.19. The molecule has 0 fully saturated rings. The fourth-order valence-corrected chi connectivity index (χ4v) is 3.59. The first-order valence-corrected chi connectivity index (χ1v) is 8.63. The quantitative estimate of drug-likeness (QED) is 0.660. The van der Waals surface area contributed by atoms with Gasteiger partial charge in [0.2, 0.25) is 0 Å². The van der Waals surface area contributed by atoms with Crippen molar-refractivity contribution in [1.82, 2.24) is 15.1 Å². The van der Waals surface area contributed by atoms with Gasteiger partial charge in [-0.3, -0.25) is 9.89 Å². The number of nitrogens with zero attached hydrogens (tertiary/aromatic N) is 2. The van der Waals surface area contributed by atoms with Crippen molar-refractivity contribution in [3.05, 3.63) is 82.8 Å². The van der Waals surface area contributed by atoms with Gasteiger partial charge in [0.25, 0.3) is 5.91 Å². The number of carbonyl (C=O) groups excluding carboxylic acids is 1. The second-order valence-electron chi connectivity index (χ2n) is 6.22. The molecule has 0 saturated carbocycles. The molecule has 0 bridgehead atoms. The Morgan fingerprint density at radius 1 is 1.30 bits per heavy atom. The van der Waals surface area contributed by atoms with Crippen molar-refractivity contribution >= 4 is 17.5 Å². The first kappa shape index (κ1) is 17.3. The Hall–Kier alpha value is -3.12. The highest BCUT2D eigenvalue weighted by atomic mass is 35.5. The van der Waals surface area contributed by atoms with Gasteiger partial charge in [0.1, 0.15) is 23.0 Å². The number of halogens is 2. The number of benzene rings is 2. The van der Waals surface area contributed by atoms with Crippen molar-refractivity contribution in [2.24, 2.45) is 0 Å². The third-order valence-electron chi connectivity index (χ3n) is 4.59. The van der Waals surface area contributed by atoms with Crippen molar-refractivity contribution < 1.29 is 14.3 Å². The van der Waals surface area contributed by atoms with E-state index in [4.69, 9.17) is 11.6 Å². The Morgan fingerprint density at radius 2 is 2.04 bits per heavy atom. The molecule has 2 aromatic carbocycles. The number of carbonyl (C=O) groups is 1. The van der Waals surface area contributed by atoms with Gasteiger partial charge in [-0.2, -0.15) is 5.10 Å². The number of aromatic hydroxyl groups is 1.